The van der Waals surface area contributed by atoms with Crippen LogP contribution in [0.1, 0.15) is 31.1 Å². The number of ether oxygens (including phenoxy) is 2. The van der Waals surface area contributed by atoms with Crippen molar-refractivity contribution < 1.29 is 19.4 Å². The Morgan fingerprint density at radius 3 is 2.31 bits per heavy atom. The van der Waals surface area contributed by atoms with Crippen molar-refractivity contribution in [2.75, 3.05) is 14.2 Å². The first kappa shape index (κ1) is 20.1. The fraction of sp³-hybridized carbons (Fsp3) is 0.350. The number of hydrogen-bond acceptors (Lipinski definition) is 4. The van der Waals surface area contributed by atoms with E-state index in [4.69, 9.17) is 21.1 Å². The lowest BCUT2D eigenvalue weighted by atomic mass is 9.94. The smallest absolute Gasteiger partial charge is 0.253 e. The van der Waals surface area contributed by atoms with Crippen LogP contribution in [0.25, 0.3) is 0 Å². The van der Waals surface area contributed by atoms with Crippen LogP contribution in [0.15, 0.2) is 42.5 Å². The first-order valence-corrected chi connectivity index (χ1v) is 8.60. The van der Waals surface area contributed by atoms with Crippen LogP contribution in [0.3, 0.4) is 0 Å². The maximum atomic E-state index is 12.4. The Kier molecular flexibility index (Phi) is 6.51. The summed E-state index contributed by atoms with van der Waals surface area (Å²) in [5.74, 6) is 0.822. The molecule has 0 aromatic heterocycles. The molecule has 0 spiro atoms. The molecule has 1 amide bonds. The summed E-state index contributed by atoms with van der Waals surface area (Å²) in [5, 5.41) is 13.7. The summed E-state index contributed by atoms with van der Waals surface area (Å²) in [6.45, 7) is 3.80. The maximum absolute atomic E-state index is 12.4. The highest BCUT2D eigenvalue weighted by Crippen LogP contribution is 2.29. The Labute approximate surface area is 158 Å². The van der Waals surface area contributed by atoms with Crippen molar-refractivity contribution in [2.45, 2.75) is 31.9 Å². The predicted octanol–water partition coefficient (Wildman–Crippen LogP) is 3.53. The second-order valence-corrected chi connectivity index (χ2v) is 7.13. The molecule has 26 heavy (non-hydrogen) atoms. The van der Waals surface area contributed by atoms with E-state index in [2.05, 4.69) is 5.32 Å². The lowest BCUT2D eigenvalue weighted by Crippen LogP contribution is -2.47. The molecule has 1 atom stereocenters. The van der Waals surface area contributed by atoms with Gasteiger partial charge in [0.25, 0.3) is 5.91 Å². The van der Waals surface area contributed by atoms with Crippen molar-refractivity contribution >= 4 is 17.5 Å². The maximum Gasteiger partial charge on any atom is 0.253 e. The average molecular weight is 378 g/mol. The SMILES string of the molecule is COc1ccc(CC(C)(C)NC(=O)C(O)c2ccc(Cl)cc2)cc1OC. The molecule has 0 radical (unpaired) electrons. The zero-order valence-corrected chi connectivity index (χ0v) is 16.1. The molecule has 0 aliphatic heterocycles. The van der Waals surface area contributed by atoms with E-state index in [0.29, 0.717) is 28.5 Å². The number of methoxy groups -OCH3 is 2. The quantitative estimate of drug-likeness (QED) is 0.774. The summed E-state index contributed by atoms with van der Waals surface area (Å²) in [5.41, 5.74) is 0.909. The number of nitrogens with one attached hydrogen (secondary N) is 1. The summed E-state index contributed by atoms with van der Waals surface area (Å²) < 4.78 is 10.6. The molecule has 2 aromatic rings. The van der Waals surface area contributed by atoms with Gasteiger partial charge in [0.1, 0.15) is 0 Å². The van der Waals surface area contributed by atoms with Gasteiger partial charge in [-0.05, 0) is 55.7 Å². The lowest BCUT2D eigenvalue weighted by Gasteiger charge is -2.28. The minimum absolute atomic E-state index is 0.460. The number of rotatable bonds is 7. The first-order valence-electron chi connectivity index (χ1n) is 8.22. The Morgan fingerprint density at radius 2 is 1.73 bits per heavy atom. The molecule has 0 aliphatic rings. The Bertz CT molecular complexity index is 759. The molecule has 0 bridgehead atoms. The summed E-state index contributed by atoms with van der Waals surface area (Å²) in [6, 6.07) is 12.2. The standard InChI is InChI=1S/C20H24ClNO4/c1-20(2,12-13-5-10-16(25-3)17(11-13)26-4)22-19(24)18(23)14-6-8-15(21)9-7-14/h5-11,18,23H,12H2,1-4H3,(H,22,24). The third kappa shape index (κ3) is 5.13. The van der Waals surface area contributed by atoms with Gasteiger partial charge in [0, 0.05) is 10.6 Å². The van der Waals surface area contributed by atoms with Crippen molar-refractivity contribution in [1.29, 1.82) is 0 Å². The Balaban J connectivity index is 2.07. The van der Waals surface area contributed by atoms with Gasteiger partial charge in [-0.3, -0.25) is 4.79 Å². The highest BCUT2D eigenvalue weighted by atomic mass is 35.5. The zero-order valence-electron chi connectivity index (χ0n) is 15.4. The molecule has 1 unspecified atom stereocenters. The summed E-state index contributed by atoms with van der Waals surface area (Å²) in [7, 11) is 3.16. The Hall–Kier alpha value is -2.24. The normalized spacial score (nSPS) is 12.4. The fourth-order valence-electron chi connectivity index (χ4n) is 2.74. The van der Waals surface area contributed by atoms with Gasteiger partial charge in [0.15, 0.2) is 17.6 Å². The van der Waals surface area contributed by atoms with Crippen molar-refractivity contribution in [3.63, 3.8) is 0 Å². The highest BCUT2D eigenvalue weighted by Gasteiger charge is 2.26. The highest BCUT2D eigenvalue weighted by molar-refractivity contribution is 6.30. The molecule has 6 heteroatoms. The number of hydrogen-bond donors (Lipinski definition) is 2. The van der Waals surface area contributed by atoms with Crippen molar-refractivity contribution in [2.24, 2.45) is 0 Å². The van der Waals surface area contributed by atoms with E-state index in [1.807, 2.05) is 32.0 Å². The van der Waals surface area contributed by atoms with E-state index in [1.54, 1.807) is 38.5 Å². The van der Waals surface area contributed by atoms with Crippen LogP contribution in [-0.4, -0.2) is 30.8 Å². The number of aliphatic hydroxyl groups excluding tert-OH is 1. The molecule has 0 fully saturated rings. The third-order valence-corrected chi connectivity index (χ3v) is 4.24. The van der Waals surface area contributed by atoms with E-state index in [1.165, 1.54) is 0 Å². The van der Waals surface area contributed by atoms with Gasteiger partial charge >= 0.3 is 0 Å². The molecule has 2 N–H and O–H groups in total. The van der Waals surface area contributed by atoms with Crippen LogP contribution in [0.2, 0.25) is 5.02 Å². The van der Waals surface area contributed by atoms with Gasteiger partial charge in [-0.2, -0.15) is 0 Å². The van der Waals surface area contributed by atoms with Gasteiger partial charge in [0.2, 0.25) is 0 Å². The second kappa shape index (κ2) is 8.43. The van der Waals surface area contributed by atoms with E-state index in [0.717, 1.165) is 5.56 Å². The van der Waals surface area contributed by atoms with Crippen molar-refractivity contribution in [3.05, 3.63) is 58.6 Å². The number of carbonyl (C=O) groups is 1. The van der Waals surface area contributed by atoms with Crippen LogP contribution in [0.5, 0.6) is 11.5 Å². The average Bonchev–Trinajstić information content (AvgIpc) is 2.60. The van der Waals surface area contributed by atoms with Crippen LogP contribution in [0.4, 0.5) is 0 Å². The molecule has 0 heterocycles. The number of halogens is 1. The van der Waals surface area contributed by atoms with Crippen molar-refractivity contribution in [1.82, 2.24) is 5.32 Å². The monoisotopic (exact) mass is 377 g/mol. The zero-order chi connectivity index (χ0) is 19.3. The first-order chi connectivity index (χ1) is 12.3. The van der Waals surface area contributed by atoms with Crippen LogP contribution in [-0.2, 0) is 11.2 Å². The molecule has 0 saturated carbocycles. The molecule has 2 aromatic carbocycles. The van der Waals surface area contributed by atoms with E-state index >= 15 is 0 Å². The summed E-state index contributed by atoms with van der Waals surface area (Å²) in [4.78, 5) is 12.4. The van der Waals surface area contributed by atoms with Crippen LogP contribution >= 0.6 is 11.6 Å². The molecule has 0 aliphatic carbocycles. The van der Waals surface area contributed by atoms with Gasteiger partial charge in [-0.1, -0.05) is 29.8 Å². The molecular formula is C20H24ClNO4. The van der Waals surface area contributed by atoms with E-state index in [-0.39, 0.29) is 0 Å². The van der Waals surface area contributed by atoms with Crippen LogP contribution in [0, 0.1) is 0 Å². The summed E-state index contributed by atoms with van der Waals surface area (Å²) >= 11 is 5.84. The van der Waals surface area contributed by atoms with Gasteiger partial charge in [0.05, 0.1) is 14.2 Å². The number of amides is 1. The molecule has 0 saturated heterocycles. The predicted molar refractivity (Wildman–Crippen MR) is 102 cm³/mol. The number of aliphatic hydroxyl groups is 1. The number of benzene rings is 2. The van der Waals surface area contributed by atoms with Crippen molar-refractivity contribution in [3.8, 4) is 11.5 Å². The fourth-order valence-corrected chi connectivity index (χ4v) is 2.87. The molecule has 140 valence electrons. The lowest BCUT2D eigenvalue weighted by molar-refractivity contribution is -0.131. The summed E-state index contributed by atoms with van der Waals surface area (Å²) in [6.07, 6.45) is -0.691. The molecular weight excluding hydrogens is 354 g/mol. The van der Waals surface area contributed by atoms with E-state index < -0.39 is 17.6 Å². The third-order valence-electron chi connectivity index (χ3n) is 3.99. The van der Waals surface area contributed by atoms with Gasteiger partial charge < -0.3 is 19.9 Å². The van der Waals surface area contributed by atoms with Gasteiger partial charge in [-0.15, -0.1) is 0 Å². The van der Waals surface area contributed by atoms with Gasteiger partial charge in [-0.25, -0.2) is 0 Å². The van der Waals surface area contributed by atoms with E-state index in [9.17, 15) is 9.90 Å². The Morgan fingerprint density at radius 1 is 1.12 bits per heavy atom. The van der Waals surface area contributed by atoms with Crippen LogP contribution < -0.4 is 14.8 Å². The number of carbonyl (C=O) groups excluding carboxylic acids is 1. The minimum atomic E-state index is -1.25. The second-order valence-electron chi connectivity index (χ2n) is 6.69. The largest absolute Gasteiger partial charge is 0.493 e. The molecule has 2 rings (SSSR count). The topological polar surface area (TPSA) is 67.8 Å². The minimum Gasteiger partial charge on any atom is -0.493 e. The molecule has 5 nitrogen and oxygen atoms in total.